The maximum Gasteiger partial charge on any atom is 0.154 e. The minimum absolute atomic E-state index is 0.193. The van der Waals surface area contributed by atoms with Gasteiger partial charge in [-0.05, 0) is 25.8 Å². The zero-order valence-corrected chi connectivity index (χ0v) is 10.4. The molecule has 0 aliphatic heterocycles. The summed E-state index contributed by atoms with van der Waals surface area (Å²) in [6.45, 7) is 2.28. The van der Waals surface area contributed by atoms with E-state index < -0.39 is 0 Å². The van der Waals surface area contributed by atoms with Crippen molar-refractivity contribution < 1.29 is 0 Å². The Morgan fingerprint density at radius 1 is 1.29 bits per heavy atom. The molecule has 90 valence electrons. The molecular weight excluding hydrogens is 212 g/mol. The van der Waals surface area contributed by atoms with E-state index in [1.54, 1.807) is 0 Å². The molecule has 0 radical (unpaired) electrons. The fourth-order valence-electron chi connectivity index (χ4n) is 2.72. The zero-order valence-electron chi connectivity index (χ0n) is 10.4. The highest BCUT2D eigenvalue weighted by Crippen LogP contribution is 2.33. The van der Waals surface area contributed by atoms with Crippen molar-refractivity contribution in [1.82, 2.24) is 14.5 Å². The predicted octanol–water partition coefficient (Wildman–Crippen LogP) is 2.71. The molecule has 1 aliphatic carbocycles. The summed E-state index contributed by atoms with van der Waals surface area (Å²) in [4.78, 5) is 8.87. The highest BCUT2D eigenvalue weighted by Gasteiger charge is 2.29. The third-order valence-electron chi connectivity index (χ3n) is 3.77. The van der Waals surface area contributed by atoms with Crippen LogP contribution < -0.4 is 5.32 Å². The van der Waals surface area contributed by atoms with Crippen LogP contribution in [0.2, 0.25) is 0 Å². The molecular formula is C13H18N4. The van der Waals surface area contributed by atoms with Gasteiger partial charge in [-0.2, -0.15) is 0 Å². The van der Waals surface area contributed by atoms with Crippen molar-refractivity contribution in [3.8, 4) is 0 Å². The number of aromatic nitrogens is 3. The van der Waals surface area contributed by atoms with Crippen LogP contribution in [0.25, 0.3) is 11.0 Å². The standard InChI is InChI=1S/C13H18N4/c1-13(6-3-4-7-13)16-12-11-10(5-8-14-12)17(2)9-15-11/h5,8-9H,3-4,6-7H2,1-2H3,(H,14,16). The van der Waals surface area contributed by atoms with Crippen LogP contribution in [0.3, 0.4) is 0 Å². The minimum atomic E-state index is 0.193. The molecule has 3 rings (SSSR count). The number of imidazole rings is 1. The third-order valence-corrected chi connectivity index (χ3v) is 3.77. The molecule has 2 aromatic rings. The maximum absolute atomic E-state index is 4.44. The second-order valence-electron chi connectivity index (χ2n) is 5.28. The number of anilines is 1. The van der Waals surface area contributed by atoms with Gasteiger partial charge in [0.15, 0.2) is 5.82 Å². The second kappa shape index (κ2) is 3.72. The van der Waals surface area contributed by atoms with Crippen LogP contribution in [0.4, 0.5) is 5.82 Å². The lowest BCUT2D eigenvalue weighted by atomic mass is 10.0. The van der Waals surface area contributed by atoms with Crippen LogP contribution in [0.15, 0.2) is 18.6 Å². The minimum Gasteiger partial charge on any atom is -0.363 e. The molecule has 0 unspecified atom stereocenters. The summed E-state index contributed by atoms with van der Waals surface area (Å²) in [7, 11) is 2.01. The number of nitrogens with one attached hydrogen (secondary N) is 1. The zero-order chi connectivity index (χ0) is 11.9. The van der Waals surface area contributed by atoms with Crippen LogP contribution in [-0.2, 0) is 7.05 Å². The average molecular weight is 230 g/mol. The Morgan fingerprint density at radius 2 is 2.06 bits per heavy atom. The van der Waals surface area contributed by atoms with Gasteiger partial charge in [0.1, 0.15) is 5.52 Å². The van der Waals surface area contributed by atoms with Crippen LogP contribution in [0.1, 0.15) is 32.6 Å². The number of rotatable bonds is 2. The van der Waals surface area contributed by atoms with Gasteiger partial charge in [0.25, 0.3) is 0 Å². The Kier molecular flexibility index (Phi) is 2.31. The monoisotopic (exact) mass is 230 g/mol. The number of nitrogens with zero attached hydrogens (tertiary/aromatic N) is 3. The van der Waals surface area contributed by atoms with Gasteiger partial charge in [-0.25, -0.2) is 9.97 Å². The van der Waals surface area contributed by atoms with Crippen LogP contribution in [0.5, 0.6) is 0 Å². The Labute approximate surface area is 101 Å². The molecule has 0 spiro atoms. The fourth-order valence-corrected chi connectivity index (χ4v) is 2.72. The van der Waals surface area contributed by atoms with E-state index >= 15 is 0 Å². The van der Waals surface area contributed by atoms with E-state index in [0.29, 0.717) is 0 Å². The summed E-state index contributed by atoms with van der Waals surface area (Å²) >= 11 is 0. The van der Waals surface area contributed by atoms with E-state index in [4.69, 9.17) is 0 Å². The maximum atomic E-state index is 4.44. The molecule has 1 fully saturated rings. The fraction of sp³-hybridized carbons (Fsp3) is 0.538. The third kappa shape index (κ3) is 1.77. The summed E-state index contributed by atoms with van der Waals surface area (Å²) in [5.74, 6) is 0.924. The molecule has 17 heavy (non-hydrogen) atoms. The molecule has 0 atom stereocenters. The Hall–Kier alpha value is -1.58. The first-order chi connectivity index (χ1) is 8.18. The quantitative estimate of drug-likeness (QED) is 0.862. The number of pyridine rings is 1. The molecule has 0 aromatic carbocycles. The summed E-state index contributed by atoms with van der Waals surface area (Å²) in [5.41, 5.74) is 2.30. The van der Waals surface area contributed by atoms with Crippen LogP contribution in [0, 0.1) is 0 Å². The Bertz CT molecular complexity index is 537. The number of aryl methyl sites for hydroxylation is 1. The summed E-state index contributed by atoms with van der Waals surface area (Å²) < 4.78 is 2.03. The van der Waals surface area contributed by atoms with Crippen LogP contribution in [-0.4, -0.2) is 20.1 Å². The number of hydrogen-bond acceptors (Lipinski definition) is 3. The van der Waals surface area contributed by atoms with Gasteiger partial charge in [0.2, 0.25) is 0 Å². The molecule has 0 bridgehead atoms. The highest BCUT2D eigenvalue weighted by atomic mass is 15.1. The first-order valence-electron chi connectivity index (χ1n) is 6.22. The SMILES string of the molecule is Cn1cnc2c(NC3(C)CCCC3)nccc21. The smallest absolute Gasteiger partial charge is 0.154 e. The Morgan fingerprint density at radius 3 is 2.82 bits per heavy atom. The van der Waals surface area contributed by atoms with Crippen molar-refractivity contribution in [3.05, 3.63) is 18.6 Å². The van der Waals surface area contributed by atoms with Crippen molar-refractivity contribution in [2.45, 2.75) is 38.1 Å². The van der Waals surface area contributed by atoms with Crippen molar-refractivity contribution in [2.75, 3.05) is 5.32 Å². The van der Waals surface area contributed by atoms with E-state index in [2.05, 4.69) is 22.2 Å². The molecule has 0 saturated heterocycles. The van der Waals surface area contributed by atoms with Crippen molar-refractivity contribution in [3.63, 3.8) is 0 Å². The van der Waals surface area contributed by atoms with Crippen molar-refractivity contribution in [2.24, 2.45) is 7.05 Å². The average Bonchev–Trinajstić information content (AvgIpc) is 2.88. The lowest BCUT2D eigenvalue weighted by molar-refractivity contribution is 0.531. The normalized spacial score (nSPS) is 18.7. The van der Waals surface area contributed by atoms with Gasteiger partial charge in [-0.15, -0.1) is 0 Å². The second-order valence-corrected chi connectivity index (χ2v) is 5.28. The number of fused-ring (bicyclic) bond motifs is 1. The van der Waals surface area contributed by atoms with Gasteiger partial charge in [0, 0.05) is 18.8 Å². The molecule has 2 heterocycles. The van der Waals surface area contributed by atoms with E-state index in [1.165, 1.54) is 25.7 Å². The molecule has 0 amide bonds. The first-order valence-corrected chi connectivity index (χ1v) is 6.22. The first kappa shape index (κ1) is 10.6. The van der Waals surface area contributed by atoms with Crippen LogP contribution >= 0.6 is 0 Å². The van der Waals surface area contributed by atoms with Gasteiger partial charge in [0.05, 0.1) is 11.8 Å². The van der Waals surface area contributed by atoms with Gasteiger partial charge in [-0.1, -0.05) is 12.8 Å². The van der Waals surface area contributed by atoms with Crippen molar-refractivity contribution in [1.29, 1.82) is 0 Å². The molecule has 4 nitrogen and oxygen atoms in total. The summed E-state index contributed by atoms with van der Waals surface area (Å²) in [6, 6.07) is 2.00. The van der Waals surface area contributed by atoms with Gasteiger partial charge >= 0.3 is 0 Å². The molecule has 1 aliphatic rings. The number of hydrogen-bond donors (Lipinski definition) is 1. The lowest BCUT2D eigenvalue weighted by Gasteiger charge is -2.26. The van der Waals surface area contributed by atoms with Gasteiger partial charge < -0.3 is 9.88 Å². The summed E-state index contributed by atoms with van der Waals surface area (Å²) in [5, 5.41) is 3.59. The lowest BCUT2D eigenvalue weighted by Crippen LogP contribution is -2.31. The van der Waals surface area contributed by atoms with E-state index in [0.717, 1.165) is 16.9 Å². The molecule has 1 saturated carbocycles. The highest BCUT2D eigenvalue weighted by molar-refractivity contribution is 5.86. The summed E-state index contributed by atoms with van der Waals surface area (Å²) in [6.07, 6.45) is 8.75. The van der Waals surface area contributed by atoms with E-state index in [-0.39, 0.29) is 5.54 Å². The topological polar surface area (TPSA) is 42.7 Å². The Balaban J connectivity index is 2.00. The van der Waals surface area contributed by atoms with Gasteiger partial charge in [-0.3, -0.25) is 0 Å². The predicted molar refractivity (Wildman–Crippen MR) is 69.0 cm³/mol. The van der Waals surface area contributed by atoms with E-state index in [1.807, 2.05) is 30.2 Å². The largest absolute Gasteiger partial charge is 0.363 e. The van der Waals surface area contributed by atoms with Crippen molar-refractivity contribution >= 4 is 16.9 Å². The molecule has 4 heteroatoms. The van der Waals surface area contributed by atoms with E-state index in [9.17, 15) is 0 Å². The molecule has 2 aromatic heterocycles. The molecule has 1 N–H and O–H groups in total.